The van der Waals surface area contributed by atoms with Gasteiger partial charge in [0.25, 0.3) is 11.6 Å². The Bertz CT molecular complexity index is 1330. The first-order valence-electron chi connectivity index (χ1n) is 9.69. The van der Waals surface area contributed by atoms with Crippen LogP contribution in [-0.2, 0) is 0 Å². The van der Waals surface area contributed by atoms with E-state index in [9.17, 15) is 14.9 Å². The number of nitrogens with zero attached hydrogens (tertiary/aromatic N) is 4. The van der Waals surface area contributed by atoms with E-state index in [1.165, 1.54) is 18.2 Å². The second kappa shape index (κ2) is 8.72. The minimum absolute atomic E-state index is 0.0460. The zero-order valence-corrected chi connectivity index (χ0v) is 18.8. The van der Waals surface area contributed by atoms with Gasteiger partial charge in [-0.05, 0) is 49.2 Å². The number of nitro benzene ring substituents is 1. The predicted octanol–water partition coefficient (Wildman–Crippen LogP) is 5.47. The summed E-state index contributed by atoms with van der Waals surface area (Å²) in [6.45, 7) is 3.99. The molecule has 0 bridgehead atoms. The van der Waals surface area contributed by atoms with Gasteiger partial charge < -0.3 is 5.32 Å². The molecule has 160 valence electrons. The standard InChI is InChI=1S/C23H18BrN5O3/c1-14-5-3-8-20(15(14)2)28-22(16-9-11-17(24)12-10-16)26-21(27-28)23(30)25-18-6-4-7-19(13-18)29(31)32/h3-13H,1-2H3,(H,25,30). The number of rotatable bonds is 5. The van der Waals surface area contributed by atoms with Crippen molar-refractivity contribution in [2.75, 3.05) is 5.32 Å². The molecule has 8 nitrogen and oxygen atoms in total. The number of nitrogens with one attached hydrogen (secondary N) is 1. The fourth-order valence-electron chi connectivity index (χ4n) is 3.21. The molecule has 1 amide bonds. The highest BCUT2D eigenvalue weighted by molar-refractivity contribution is 9.10. The van der Waals surface area contributed by atoms with Crippen molar-refractivity contribution in [2.45, 2.75) is 13.8 Å². The van der Waals surface area contributed by atoms with Crippen LogP contribution in [-0.4, -0.2) is 25.6 Å². The summed E-state index contributed by atoms with van der Waals surface area (Å²) in [6, 6.07) is 19.1. The Morgan fingerprint density at radius 1 is 1.06 bits per heavy atom. The highest BCUT2D eigenvalue weighted by Gasteiger charge is 2.20. The van der Waals surface area contributed by atoms with Gasteiger partial charge in [0, 0.05) is 27.9 Å². The minimum Gasteiger partial charge on any atom is -0.319 e. The van der Waals surface area contributed by atoms with Crippen molar-refractivity contribution in [2.24, 2.45) is 0 Å². The Hall–Kier alpha value is -3.85. The zero-order chi connectivity index (χ0) is 22.8. The third-order valence-electron chi connectivity index (χ3n) is 5.03. The van der Waals surface area contributed by atoms with Crippen LogP contribution in [0.15, 0.2) is 71.2 Å². The lowest BCUT2D eigenvalue weighted by Crippen LogP contribution is -2.14. The molecule has 1 heterocycles. The normalized spacial score (nSPS) is 10.7. The van der Waals surface area contributed by atoms with Crippen LogP contribution in [0.4, 0.5) is 11.4 Å². The van der Waals surface area contributed by atoms with E-state index in [0.717, 1.165) is 26.9 Å². The van der Waals surface area contributed by atoms with Crippen LogP contribution in [0.25, 0.3) is 17.1 Å². The quantitative estimate of drug-likeness (QED) is 0.294. The Balaban J connectivity index is 1.77. The van der Waals surface area contributed by atoms with Gasteiger partial charge in [-0.15, -0.1) is 5.10 Å². The maximum absolute atomic E-state index is 12.9. The number of hydrogen-bond donors (Lipinski definition) is 1. The summed E-state index contributed by atoms with van der Waals surface area (Å²) < 4.78 is 2.57. The predicted molar refractivity (Wildman–Crippen MR) is 125 cm³/mol. The lowest BCUT2D eigenvalue weighted by atomic mass is 10.1. The lowest BCUT2D eigenvalue weighted by molar-refractivity contribution is -0.384. The van der Waals surface area contributed by atoms with Crippen molar-refractivity contribution in [1.29, 1.82) is 0 Å². The van der Waals surface area contributed by atoms with Gasteiger partial charge in [-0.25, -0.2) is 9.67 Å². The first-order valence-corrected chi connectivity index (χ1v) is 10.5. The van der Waals surface area contributed by atoms with Crippen LogP contribution in [0, 0.1) is 24.0 Å². The van der Waals surface area contributed by atoms with E-state index in [2.05, 4.69) is 31.3 Å². The van der Waals surface area contributed by atoms with Gasteiger partial charge in [0.2, 0.25) is 5.82 Å². The monoisotopic (exact) mass is 491 g/mol. The number of carbonyl (C=O) groups excluding carboxylic acids is 1. The molecule has 1 aromatic heterocycles. The molecule has 0 unspecified atom stereocenters. The fourth-order valence-corrected chi connectivity index (χ4v) is 3.48. The molecule has 3 aromatic carbocycles. The summed E-state index contributed by atoms with van der Waals surface area (Å²) in [6.07, 6.45) is 0. The van der Waals surface area contributed by atoms with Gasteiger partial charge in [0.1, 0.15) is 0 Å². The van der Waals surface area contributed by atoms with E-state index in [1.807, 2.05) is 56.3 Å². The smallest absolute Gasteiger partial charge is 0.295 e. The molecule has 4 aromatic rings. The van der Waals surface area contributed by atoms with Gasteiger partial charge in [-0.2, -0.15) is 0 Å². The number of carbonyl (C=O) groups is 1. The average Bonchev–Trinajstić information content (AvgIpc) is 3.22. The topological polar surface area (TPSA) is 103 Å². The van der Waals surface area contributed by atoms with Crippen molar-refractivity contribution in [3.8, 4) is 17.1 Å². The molecular formula is C23H18BrN5O3. The van der Waals surface area contributed by atoms with Crippen molar-refractivity contribution >= 4 is 33.2 Å². The maximum Gasteiger partial charge on any atom is 0.295 e. The van der Waals surface area contributed by atoms with E-state index in [-0.39, 0.29) is 17.2 Å². The molecule has 0 saturated carbocycles. The van der Waals surface area contributed by atoms with Gasteiger partial charge >= 0.3 is 0 Å². The minimum atomic E-state index is -0.562. The first-order chi connectivity index (χ1) is 15.3. The molecule has 0 aliphatic heterocycles. The molecule has 0 saturated heterocycles. The van der Waals surface area contributed by atoms with E-state index in [0.29, 0.717) is 5.82 Å². The molecule has 0 radical (unpaired) electrons. The summed E-state index contributed by atoms with van der Waals surface area (Å²) in [4.78, 5) is 27.9. The number of benzene rings is 3. The second-order valence-electron chi connectivity index (χ2n) is 7.16. The Morgan fingerprint density at radius 2 is 1.78 bits per heavy atom. The van der Waals surface area contributed by atoms with E-state index in [4.69, 9.17) is 0 Å². The number of amides is 1. The summed E-state index contributed by atoms with van der Waals surface area (Å²) in [5.41, 5.74) is 3.87. The Labute approximate surface area is 192 Å². The number of aryl methyl sites for hydroxylation is 1. The second-order valence-corrected chi connectivity index (χ2v) is 8.07. The van der Waals surface area contributed by atoms with Crippen molar-refractivity contribution < 1.29 is 9.72 Å². The summed E-state index contributed by atoms with van der Waals surface area (Å²) in [7, 11) is 0. The van der Waals surface area contributed by atoms with Gasteiger partial charge in [0.05, 0.1) is 10.6 Å². The number of anilines is 1. The fraction of sp³-hybridized carbons (Fsp3) is 0.0870. The summed E-state index contributed by atoms with van der Waals surface area (Å²) >= 11 is 3.43. The molecule has 32 heavy (non-hydrogen) atoms. The van der Waals surface area contributed by atoms with Crippen LogP contribution in [0.5, 0.6) is 0 Å². The number of aromatic nitrogens is 3. The molecule has 0 fully saturated rings. The lowest BCUT2D eigenvalue weighted by Gasteiger charge is -2.11. The number of nitro groups is 1. The molecule has 4 rings (SSSR count). The molecule has 0 spiro atoms. The highest BCUT2D eigenvalue weighted by Crippen LogP contribution is 2.26. The maximum atomic E-state index is 12.9. The molecule has 9 heteroatoms. The van der Waals surface area contributed by atoms with Crippen LogP contribution in [0.1, 0.15) is 21.7 Å². The first kappa shape index (κ1) is 21.4. The van der Waals surface area contributed by atoms with Crippen molar-refractivity contribution in [1.82, 2.24) is 14.8 Å². The van der Waals surface area contributed by atoms with Gasteiger partial charge in [0.15, 0.2) is 5.82 Å². The average molecular weight is 492 g/mol. The van der Waals surface area contributed by atoms with Crippen LogP contribution < -0.4 is 5.32 Å². The van der Waals surface area contributed by atoms with E-state index in [1.54, 1.807) is 10.7 Å². The van der Waals surface area contributed by atoms with E-state index < -0.39 is 10.8 Å². The molecular weight excluding hydrogens is 474 g/mol. The Kier molecular flexibility index (Phi) is 5.83. The number of hydrogen-bond acceptors (Lipinski definition) is 5. The molecule has 1 N–H and O–H groups in total. The highest BCUT2D eigenvalue weighted by atomic mass is 79.9. The summed E-state index contributed by atoms with van der Waals surface area (Å²) in [5.74, 6) is -0.0985. The van der Waals surface area contributed by atoms with Gasteiger partial charge in [-0.1, -0.05) is 46.3 Å². The Morgan fingerprint density at radius 3 is 2.50 bits per heavy atom. The van der Waals surface area contributed by atoms with Crippen LogP contribution in [0.3, 0.4) is 0 Å². The SMILES string of the molecule is Cc1cccc(-n2nc(C(=O)Nc3cccc([N+](=O)[O-])c3)nc2-c2ccc(Br)cc2)c1C. The third kappa shape index (κ3) is 4.28. The summed E-state index contributed by atoms with van der Waals surface area (Å²) in [5, 5.41) is 18.1. The zero-order valence-electron chi connectivity index (χ0n) is 17.2. The van der Waals surface area contributed by atoms with Crippen LogP contribution >= 0.6 is 15.9 Å². The molecule has 0 aliphatic carbocycles. The van der Waals surface area contributed by atoms with E-state index >= 15 is 0 Å². The number of halogens is 1. The van der Waals surface area contributed by atoms with Crippen molar-refractivity contribution in [3.05, 3.63) is 98.3 Å². The van der Waals surface area contributed by atoms with Crippen LogP contribution in [0.2, 0.25) is 0 Å². The number of non-ortho nitro benzene ring substituents is 1. The molecule has 0 atom stereocenters. The largest absolute Gasteiger partial charge is 0.319 e. The molecule has 0 aliphatic rings. The van der Waals surface area contributed by atoms with Gasteiger partial charge in [-0.3, -0.25) is 14.9 Å². The third-order valence-corrected chi connectivity index (χ3v) is 5.56. The van der Waals surface area contributed by atoms with Crippen molar-refractivity contribution in [3.63, 3.8) is 0 Å².